The van der Waals surface area contributed by atoms with Crippen molar-refractivity contribution in [1.82, 2.24) is 0 Å². The standard InChI is InChI=1S/C20H34O2/c1-14(9-12-21)7-8-16-15(2)13-17(22)18-19(3,4)10-6-11-20(16,18)5/h9,17-18,21-22H,6-8,10-13H2,1-5H3. The Kier molecular flexibility index (Phi) is 5.23. The molecule has 2 rings (SSSR count). The molecule has 3 atom stereocenters. The number of hydrogen-bond donors (Lipinski definition) is 2. The molecule has 0 radical (unpaired) electrons. The molecule has 1 fully saturated rings. The van der Waals surface area contributed by atoms with Gasteiger partial charge in [-0.05, 0) is 62.7 Å². The van der Waals surface area contributed by atoms with Crippen LogP contribution in [-0.4, -0.2) is 22.9 Å². The second-order valence-electron chi connectivity index (χ2n) is 8.50. The van der Waals surface area contributed by atoms with E-state index in [0.717, 1.165) is 19.3 Å². The third-order valence-corrected chi connectivity index (χ3v) is 6.36. The van der Waals surface area contributed by atoms with Crippen molar-refractivity contribution in [3.8, 4) is 0 Å². The summed E-state index contributed by atoms with van der Waals surface area (Å²) in [6.07, 6.45) is 8.33. The van der Waals surface area contributed by atoms with Crippen LogP contribution >= 0.6 is 0 Å². The molecule has 1 saturated carbocycles. The molecule has 0 heterocycles. The van der Waals surface area contributed by atoms with Crippen molar-refractivity contribution in [2.45, 2.75) is 79.2 Å². The van der Waals surface area contributed by atoms with Gasteiger partial charge in [0.15, 0.2) is 0 Å². The molecule has 3 unspecified atom stereocenters. The maximum atomic E-state index is 10.8. The van der Waals surface area contributed by atoms with E-state index >= 15 is 0 Å². The Morgan fingerprint density at radius 3 is 2.59 bits per heavy atom. The summed E-state index contributed by atoms with van der Waals surface area (Å²) >= 11 is 0. The maximum Gasteiger partial charge on any atom is 0.0618 e. The molecule has 0 aliphatic heterocycles. The Hall–Kier alpha value is -0.600. The van der Waals surface area contributed by atoms with Crippen molar-refractivity contribution in [3.63, 3.8) is 0 Å². The van der Waals surface area contributed by atoms with Gasteiger partial charge in [0.25, 0.3) is 0 Å². The lowest BCUT2D eigenvalue weighted by molar-refractivity contribution is -0.0738. The van der Waals surface area contributed by atoms with Gasteiger partial charge in [0.2, 0.25) is 0 Å². The van der Waals surface area contributed by atoms with Crippen LogP contribution in [0.4, 0.5) is 0 Å². The Balaban J connectivity index is 2.31. The molecule has 0 aromatic heterocycles. The summed E-state index contributed by atoms with van der Waals surface area (Å²) in [4.78, 5) is 0. The van der Waals surface area contributed by atoms with E-state index in [4.69, 9.17) is 5.11 Å². The molecular weight excluding hydrogens is 272 g/mol. The van der Waals surface area contributed by atoms with Gasteiger partial charge in [0, 0.05) is 0 Å². The summed E-state index contributed by atoms with van der Waals surface area (Å²) in [5.41, 5.74) is 4.61. The van der Waals surface area contributed by atoms with Crippen molar-refractivity contribution in [2.24, 2.45) is 16.7 Å². The quantitative estimate of drug-likeness (QED) is 0.744. The molecule has 22 heavy (non-hydrogen) atoms. The molecule has 2 aliphatic carbocycles. The highest BCUT2D eigenvalue weighted by atomic mass is 16.3. The van der Waals surface area contributed by atoms with E-state index in [1.54, 1.807) is 5.57 Å². The second kappa shape index (κ2) is 6.49. The van der Waals surface area contributed by atoms with Crippen molar-refractivity contribution in [2.75, 3.05) is 6.61 Å². The molecule has 2 N–H and O–H groups in total. The van der Waals surface area contributed by atoms with E-state index in [-0.39, 0.29) is 23.5 Å². The average molecular weight is 306 g/mol. The molecule has 0 bridgehead atoms. The molecule has 126 valence electrons. The highest BCUT2D eigenvalue weighted by Gasteiger charge is 2.53. The largest absolute Gasteiger partial charge is 0.392 e. The van der Waals surface area contributed by atoms with Crippen LogP contribution in [0.25, 0.3) is 0 Å². The minimum absolute atomic E-state index is 0.134. The zero-order valence-corrected chi connectivity index (χ0v) is 15.1. The minimum Gasteiger partial charge on any atom is -0.392 e. The van der Waals surface area contributed by atoms with Crippen LogP contribution < -0.4 is 0 Å². The summed E-state index contributed by atoms with van der Waals surface area (Å²) in [5.74, 6) is 0.370. The molecule has 0 amide bonds. The molecule has 2 aliphatic rings. The van der Waals surface area contributed by atoms with Crippen LogP contribution in [0.2, 0.25) is 0 Å². The Morgan fingerprint density at radius 2 is 1.95 bits per heavy atom. The number of rotatable bonds is 4. The summed E-state index contributed by atoms with van der Waals surface area (Å²) in [6.45, 7) is 11.5. The van der Waals surface area contributed by atoms with E-state index < -0.39 is 0 Å². The van der Waals surface area contributed by atoms with Gasteiger partial charge in [-0.1, -0.05) is 50.0 Å². The fraction of sp³-hybridized carbons (Fsp3) is 0.800. The topological polar surface area (TPSA) is 40.5 Å². The lowest BCUT2D eigenvalue weighted by Crippen LogP contribution is -2.52. The van der Waals surface area contributed by atoms with Crippen LogP contribution in [0, 0.1) is 16.7 Å². The van der Waals surface area contributed by atoms with Crippen LogP contribution in [0.15, 0.2) is 22.8 Å². The lowest BCUT2D eigenvalue weighted by atomic mass is 9.49. The highest BCUT2D eigenvalue weighted by molar-refractivity contribution is 5.29. The van der Waals surface area contributed by atoms with Crippen LogP contribution in [0.1, 0.15) is 73.1 Å². The smallest absolute Gasteiger partial charge is 0.0618 e. The first kappa shape index (κ1) is 17.7. The number of hydrogen-bond acceptors (Lipinski definition) is 2. The monoisotopic (exact) mass is 306 g/mol. The van der Waals surface area contributed by atoms with Crippen molar-refractivity contribution in [3.05, 3.63) is 22.8 Å². The number of aliphatic hydroxyl groups excluding tert-OH is 2. The molecular formula is C20H34O2. The minimum atomic E-state index is -0.196. The number of allylic oxidation sites excluding steroid dienone is 2. The van der Waals surface area contributed by atoms with E-state index in [9.17, 15) is 5.11 Å². The molecule has 0 saturated heterocycles. The average Bonchev–Trinajstić information content (AvgIpc) is 2.36. The van der Waals surface area contributed by atoms with Gasteiger partial charge >= 0.3 is 0 Å². The van der Waals surface area contributed by atoms with Gasteiger partial charge in [-0.2, -0.15) is 0 Å². The van der Waals surface area contributed by atoms with Gasteiger partial charge in [0.1, 0.15) is 0 Å². The lowest BCUT2D eigenvalue weighted by Gasteiger charge is -2.57. The number of aliphatic hydroxyl groups is 2. The Bertz CT molecular complexity index is 472. The highest BCUT2D eigenvalue weighted by Crippen LogP contribution is 2.60. The predicted octanol–water partition coefficient (Wildman–Crippen LogP) is 4.62. The molecule has 0 aromatic rings. The van der Waals surface area contributed by atoms with Gasteiger partial charge in [-0.15, -0.1) is 0 Å². The van der Waals surface area contributed by atoms with Crippen LogP contribution in [0.3, 0.4) is 0 Å². The molecule has 0 spiro atoms. The van der Waals surface area contributed by atoms with E-state index in [0.29, 0.717) is 5.92 Å². The van der Waals surface area contributed by atoms with Crippen molar-refractivity contribution < 1.29 is 10.2 Å². The fourth-order valence-corrected chi connectivity index (χ4v) is 5.49. The zero-order chi connectivity index (χ0) is 16.5. The Morgan fingerprint density at radius 1 is 1.27 bits per heavy atom. The molecule has 2 heteroatoms. The maximum absolute atomic E-state index is 10.8. The summed E-state index contributed by atoms with van der Waals surface area (Å²) in [5, 5.41) is 19.8. The van der Waals surface area contributed by atoms with Gasteiger partial charge in [0.05, 0.1) is 12.7 Å². The van der Waals surface area contributed by atoms with Crippen molar-refractivity contribution in [1.29, 1.82) is 0 Å². The van der Waals surface area contributed by atoms with Gasteiger partial charge in [-0.25, -0.2) is 0 Å². The van der Waals surface area contributed by atoms with E-state index in [2.05, 4.69) is 34.6 Å². The first-order valence-corrected chi connectivity index (χ1v) is 8.86. The number of fused-ring (bicyclic) bond motifs is 1. The third kappa shape index (κ3) is 3.19. The molecule has 2 nitrogen and oxygen atoms in total. The summed E-state index contributed by atoms with van der Waals surface area (Å²) in [6, 6.07) is 0. The first-order chi connectivity index (χ1) is 10.2. The van der Waals surface area contributed by atoms with E-state index in [1.807, 2.05) is 6.08 Å². The van der Waals surface area contributed by atoms with Crippen molar-refractivity contribution >= 4 is 0 Å². The third-order valence-electron chi connectivity index (χ3n) is 6.36. The normalized spacial score (nSPS) is 35.5. The first-order valence-electron chi connectivity index (χ1n) is 8.86. The van der Waals surface area contributed by atoms with Crippen LogP contribution in [0.5, 0.6) is 0 Å². The summed E-state index contributed by atoms with van der Waals surface area (Å²) in [7, 11) is 0. The van der Waals surface area contributed by atoms with E-state index in [1.165, 1.54) is 30.4 Å². The predicted molar refractivity (Wildman–Crippen MR) is 92.6 cm³/mol. The second-order valence-corrected chi connectivity index (χ2v) is 8.50. The van der Waals surface area contributed by atoms with Gasteiger partial charge < -0.3 is 10.2 Å². The van der Waals surface area contributed by atoms with Gasteiger partial charge in [-0.3, -0.25) is 0 Å². The fourth-order valence-electron chi connectivity index (χ4n) is 5.49. The zero-order valence-electron chi connectivity index (χ0n) is 15.1. The van der Waals surface area contributed by atoms with Crippen LogP contribution in [-0.2, 0) is 0 Å². The Labute approximate surface area is 136 Å². The molecule has 0 aromatic carbocycles. The SMILES string of the molecule is CC(=CCO)CCC1=C(C)CC(O)C2C(C)(C)CCCC12C. The summed E-state index contributed by atoms with van der Waals surface area (Å²) < 4.78 is 0.